The zero-order valence-electron chi connectivity index (χ0n) is 21.0. The number of anilines is 4. The molecular formula is C28H22Cl2N6O4. The average Bonchev–Trinajstić information content (AvgIpc) is 3.38. The molecule has 4 rings (SSSR count). The Balaban J connectivity index is 1.43. The molecule has 0 aliphatic rings. The smallest absolute Gasteiger partial charge is 0.275 e. The molecule has 0 radical (unpaired) electrons. The highest BCUT2D eigenvalue weighted by atomic mass is 35.5. The van der Waals surface area contributed by atoms with Gasteiger partial charge in [-0.3, -0.25) is 24.3 Å². The van der Waals surface area contributed by atoms with Gasteiger partial charge in [-0.05, 0) is 67.1 Å². The zero-order valence-corrected chi connectivity index (χ0v) is 22.5. The van der Waals surface area contributed by atoms with E-state index in [1.165, 1.54) is 18.3 Å². The van der Waals surface area contributed by atoms with Gasteiger partial charge in [-0.25, -0.2) is 0 Å². The molecule has 202 valence electrons. The summed E-state index contributed by atoms with van der Waals surface area (Å²) in [6.45, 7) is 5.16. The Bertz CT molecular complexity index is 1630. The maximum absolute atomic E-state index is 13.0. The quantitative estimate of drug-likeness (QED) is 0.166. The summed E-state index contributed by atoms with van der Waals surface area (Å²) in [5.41, 5.74) is 2.62. The second-order valence-electron chi connectivity index (χ2n) is 8.42. The van der Waals surface area contributed by atoms with Gasteiger partial charge < -0.3 is 21.3 Å². The Kier molecular flexibility index (Phi) is 8.63. The number of benzene rings is 3. The summed E-state index contributed by atoms with van der Waals surface area (Å²) in [4.78, 5) is 50.0. The van der Waals surface area contributed by atoms with Gasteiger partial charge in [-0.15, -0.1) is 0 Å². The molecule has 10 nitrogen and oxygen atoms in total. The second-order valence-corrected chi connectivity index (χ2v) is 9.24. The minimum absolute atomic E-state index is 0.0109. The Hall–Kier alpha value is -4.93. The monoisotopic (exact) mass is 576 g/mol. The lowest BCUT2D eigenvalue weighted by atomic mass is 10.1. The number of halogens is 2. The molecule has 0 fully saturated rings. The predicted molar refractivity (Wildman–Crippen MR) is 155 cm³/mol. The van der Waals surface area contributed by atoms with Gasteiger partial charge in [0.1, 0.15) is 5.69 Å². The average molecular weight is 577 g/mol. The van der Waals surface area contributed by atoms with Crippen LogP contribution in [0.15, 0.2) is 79.5 Å². The summed E-state index contributed by atoms with van der Waals surface area (Å²) in [5, 5.41) is 17.5. The molecule has 40 heavy (non-hydrogen) atoms. The molecule has 12 heteroatoms. The number of hydrogen-bond donors (Lipinski definition) is 5. The first-order valence-electron chi connectivity index (χ1n) is 11.7. The van der Waals surface area contributed by atoms with Crippen LogP contribution in [-0.2, 0) is 4.79 Å². The highest BCUT2D eigenvalue weighted by molar-refractivity contribution is 6.40. The third kappa shape index (κ3) is 6.55. The van der Waals surface area contributed by atoms with Gasteiger partial charge in [-0.2, -0.15) is 5.10 Å². The molecule has 4 amide bonds. The van der Waals surface area contributed by atoms with E-state index >= 15 is 0 Å². The number of amides is 4. The number of nitrogens with one attached hydrogen (secondary N) is 5. The van der Waals surface area contributed by atoms with Gasteiger partial charge in [-0.1, -0.05) is 41.9 Å². The molecule has 1 aromatic heterocycles. The van der Waals surface area contributed by atoms with Gasteiger partial charge in [0.05, 0.1) is 27.5 Å². The van der Waals surface area contributed by atoms with Crippen LogP contribution in [0.25, 0.3) is 0 Å². The summed E-state index contributed by atoms with van der Waals surface area (Å²) in [6, 6.07) is 16.1. The fourth-order valence-electron chi connectivity index (χ4n) is 3.65. The minimum atomic E-state index is -0.601. The van der Waals surface area contributed by atoms with Crippen LogP contribution in [0.5, 0.6) is 0 Å². The molecule has 1 heterocycles. The van der Waals surface area contributed by atoms with Crippen molar-refractivity contribution in [3.63, 3.8) is 0 Å². The molecule has 0 aliphatic heterocycles. The largest absolute Gasteiger partial charge is 0.323 e. The van der Waals surface area contributed by atoms with E-state index in [-0.39, 0.29) is 38.8 Å². The van der Waals surface area contributed by atoms with E-state index in [4.69, 9.17) is 23.2 Å². The van der Waals surface area contributed by atoms with Crippen molar-refractivity contribution < 1.29 is 19.2 Å². The van der Waals surface area contributed by atoms with Crippen LogP contribution in [-0.4, -0.2) is 33.8 Å². The first kappa shape index (κ1) is 28.1. The lowest BCUT2D eigenvalue weighted by molar-refractivity contribution is -0.111. The molecule has 4 aromatic rings. The number of rotatable bonds is 8. The standard InChI is InChI=1S/C28H22Cl2N6O4/c1-3-23(37)32-17-7-4-6-16(13-17)26(38)33-18-10-11-21(15(2)12-18)34-28(40)25-22(14-31-36-25)35-27(39)24-19(29)8-5-9-20(24)30/h3-14H,1H2,2H3,(H,31,36)(H,32,37)(H,33,38)(H,34,40)(H,35,39). The predicted octanol–water partition coefficient (Wildman–Crippen LogP) is 5.91. The summed E-state index contributed by atoms with van der Waals surface area (Å²) >= 11 is 12.2. The van der Waals surface area contributed by atoms with Crippen LogP contribution < -0.4 is 21.3 Å². The molecule has 3 aromatic carbocycles. The van der Waals surface area contributed by atoms with E-state index in [2.05, 4.69) is 38.0 Å². The Morgan fingerprint density at radius 2 is 1.48 bits per heavy atom. The van der Waals surface area contributed by atoms with Crippen molar-refractivity contribution in [2.75, 3.05) is 21.3 Å². The molecule has 0 saturated carbocycles. The van der Waals surface area contributed by atoms with Crippen molar-refractivity contribution >= 4 is 69.6 Å². The maximum Gasteiger partial charge on any atom is 0.275 e. The lowest BCUT2D eigenvalue weighted by Crippen LogP contribution is -2.19. The van der Waals surface area contributed by atoms with E-state index in [9.17, 15) is 19.2 Å². The molecule has 0 aliphatic carbocycles. The molecule has 0 spiro atoms. The highest BCUT2D eigenvalue weighted by Gasteiger charge is 2.20. The fourth-order valence-corrected chi connectivity index (χ4v) is 4.22. The number of carbonyl (C=O) groups is 4. The van der Waals surface area contributed by atoms with Crippen molar-refractivity contribution in [2.45, 2.75) is 6.92 Å². The molecule has 5 N–H and O–H groups in total. The van der Waals surface area contributed by atoms with Gasteiger partial charge in [0.15, 0.2) is 0 Å². The summed E-state index contributed by atoms with van der Waals surface area (Å²) in [5.74, 6) is -1.94. The van der Waals surface area contributed by atoms with E-state index in [1.807, 2.05) is 0 Å². The Labute approximate surface area is 238 Å². The third-order valence-electron chi connectivity index (χ3n) is 5.61. The van der Waals surface area contributed by atoms with Crippen LogP contribution in [0.3, 0.4) is 0 Å². The highest BCUT2D eigenvalue weighted by Crippen LogP contribution is 2.26. The zero-order chi connectivity index (χ0) is 28.8. The second kappa shape index (κ2) is 12.3. The van der Waals surface area contributed by atoms with Gasteiger partial charge in [0, 0.05) is 22.6 Å². The first-order valence-corrected chi connectivity index (χ1v) is 12.5. The molecule has 0 bridgehead atoms. The van der Waals surface area contributed by atoms with Crippen molar-refractivity contribution in [3.05, 3.63) is 112 Å². The van der Waals surface area contributed by atoms with Crippen molar-refractivity contribution in [3.8, 4) is 0 Å². The minimum Gasteiger partial charge on any atom is -0.323 e. The summed E-state index contributed by atoms with van der Waals surface area (Å²) in [7, 11) is 0. The van der Waals surface area contributed by atoms with Crippen LogP contribution in [0, 0.1) is 6.92 Å². The molecule has 0 unspecified atom stereocenters. The lowest BCUT2D eigenvalue weighted by Gasteiger charge is -2.12. The normalized spacial score (nSPS) is 10.4. The van der Waals surface area contributed by atoms with E-state index in [0.29, 0.717) is 28.2 Å². The van der Waals surface area contributed by atoms with Crippen LogP contribution >= 0.6 is 23.2 Å². The van der Waals surface area contributed by atoms with E-state index < -0.39 is 11.8 Å². The Morgan fingerprint density at radius 1 is 0.800 bits per heavy atom. The Morgan fingerprint density at radius 3 is 2.17 bits per heavy atom. The number of aromatic amines is 1. The topological polar surface area (TPSA) is 145 Å². The SMILES string of the molecule is C=CC(=O)Nc1cccc(C(=O)Nc2ccc(NC(=O)c3[nH]ncc3NC(=O)c3c(Cl)cccc3Cl)c(C)c2)c1. The van der Waals surface area contributed by atoms with Gasteiger partial charge in [0.2, 0.25) is 5.91 Å². The third-order valence-corrected chi connectivity index (χ3v) is 6.24. The number of hydrogen-bond acceptors (Lipinski definition) is 5. The maximum atomic E-state index is 13.0. The molecular weight excluding hydrogens is 555 g/mol. The van der Waals surface area contributed by atoms with Gasteiger partial charge in [0.25, 0.3) is 17.7 Å². The number of H-pyrrole nitrogens is 1. The van der Waals surface area contributed by atoms with Crippen molar-refractivity contribution in [1.82, 2.24) is 10.2 Å². The number of aryl methyl sites for hydroxylation is 1. The van der Waals surface area contributed by atoms with Crippen molar-refractivity contribution in [1.29, 1.82) is 0 Å². The first-order chi connectivity index (χ1) is 19.2. The number of nitrogens with zero attached hydrogens (tertiary/aromatic N) is 1. The molecule has 0 atom stereocenters. The van der Waals surface area contributed by atoms with Crippen LogP contribution in [0.1, 0.15) is 36.8 Å². The number of aromatic nitrogens is 2. The van der Waals surface area contributed by atoms with E-state index in [0.717, 1.165) is 6.08 Å². The van der Waals surface area contributed by atoms with E-state index in [1.54, 1.807) is 55.5 Å². The van der Waals surface area contributed by atoms with Gasteiger partial charge >= 0.3 is 0 Å². The van der Waals surface area contributed by atoms with Crippen LogP contribution in [0.4, 0.5) is 22.7 Å². The summed E-state index contributed by atoms with van der Waals surface area (Å²) in [6.07, 6.45) is 2.43. The van der Waals surface area contributed by atoms with Crippen LogP contribution in [0.2, 0.25) is 10.0 Å². The van der Waals surface area contributed by atoms with Crippen molar-refractivity contribution in [2.24, 2.45) is 0 Å². The summed E-state index contributed by atoms with van der Waals surface area (Å²) < 4.78 is 0. The molecule has 0 saturated heterocycles. The number of carbonyl (C=O) groups excluding carboxylic acids is 4. The fraction of sp³-hybridized carbons (Fsp3) is 0.0357.